The molecule has 2 aliphatic carbocycles. The summed E-state index contributed by atoms with van der Waals surface area (Å²) in [4.78, 5) is 35.1. The van der Waals surface area contributed by atoms with E-state index in [1.165, 1.54) is 4.90 Å². The van der Waals surface area contributed by atoms with Crippen LogP contribution in [0.2, 0.25) is 0 Å². The molecule has 0 spiro atoms. The quantitative estimate of drug-likeness (QED) is 0.601. The van der Waals surface area contributed by atoms with Crippen LogP contribution in [-0.2, 0) is 14.4 Å². The second kappa shape index (κ2) is 2.16. The number of likely N-dealkylation sites (tertiary alicyclic amines) is 1. The summed E-state index contributed by atoms with van der Waals surface area (Å²) in [6.45, 7) is 0. The Kier molecular flexibility index (Phi) is 1.23. The number of aliphatic carboxylic acids is 1. The summed E-state index contributed by atoms with van der Waals surface area (Å²) >= 11 is 0. The summed E-state index contributed by atoms with van der Waals surface area (Å²) in [5, 5.41) is 8.71. The molecule has 0 radical (unpaired) electrons. The Hall–Kier alpha value is -1.39. The number of carboxylic acids is 1. The highest BCUT2D eigenvalue weighted by molar-refractivity contribution is 6.13. The van der Waals surface area contributed by atoms with E-state index < -0.39 is 23.7 Å². The molecule has 2 unspecified atom stereocenters. The van der Waals surface area contributed by atoms with Gasteiger partial charge in [0.25, 0.3) is 0 Å². The normalized spacial score (nSPS) is 40.0. The van der Waals surface area contributed by atoms with Gasteiger partial charge in [0, 0.05) is 6.04 Å². The third-order valence-electron chi connectivity index (χ3n) is 3.26. The van der Waals surface area contributed by atoms with Gasteiger partial charge in [-0.2, -0.15) is 0 Å². The SMILES string of the molecule is O=C(O)C1C2C(=O)N(C3CC3)C(=O)C12. The van der Waals surface area contributed by atoms with Crippen molar-refractivity contribution in [3.63, 3.8) is 0 Å². The highest BCUT2D eigenvalue weighted by Crippen LogP contribution is 2.55. The molecule has 14 heavy (non-hydrogen) atoms. The molecule has 0 aromatic rings. The Labute approximate surface area is 79.7 Å². The van der Waals surface area contributed by atoms with Gasteiger partial charge in [0.05, 0.1) is 17.8 Å². The minimum absolute atomic E-state index is 0.0808. The van der Waals surface area contributed by atoms with Gasteiger partial charge in [-0.15, -0.1) is 0 Å². The van der Waals surface area contributed by atoms with Gasteiger partial charge in [0.15, 0.2) is 0 Å². The number of hydrogen-bond acceptors (Lipinski definition) is 3. The summed E-state index contributed by atoms with van der Waals surface area (Å²) in [6, 6.07) is 0.0808. The number of carbonyl (C=O) groups is 3. The van der Waals surface area contributed by atoms with Crippen LogP contribution in [0, 0.1) is 17.8 Å². The number of nitrogens with zero attached hydrogens (tertiary/aromatic N) is 1. The second-order valence-electron chi connectivity index (χ2n) is 4.19. The van der Waals surface area contributed by atoms with Crippen molar-refractivity contribution in [2.45, 2.75) is 18.9 Å². The molecule has 2 saturated carbocycles. The van der Waals surface area contributed by atoms with Crippen LogP contribution >= 0.6 is 0 Å². The van der Waals surface area contributed by atoms with Gasteiger partial charge in [-0.3, -0.25) is 19.3 Å². The second-order valence-corrected chi connectivity index (χ2v) is 4.19. The first-order valence-electron chi connectivity index (χ1n) is 4.72. The molecule has 74 valence electrons. The average molecular weight is 195 g/mol. The fourth-order valence-electron chi connectivity index (χ4n) is 2.36. The van der Waals surface area contributed by atoms with E-state index in [1.54, 1.807) is 0 Å². The fraction of sp³-hybridized carbons (Fsp3) is 0.667. The highest BCUT2D eigenvalue weighted by atomic mass is 16.4. The molecule has 3 fully saturated rings. The topological polar surface area (TPSA) is 74.7 Å². The number of piperidine rings is 1. The molecule has 0 aromatic heterocycles. The van der Waals surface area contributed by atoms with Crippen molar-refractivity contribution < 1.29 is 19.5 Å². The lowest BCUT2D eigenvalue weighted by Crippen LogP contribution is -2.37. The third kappa shape index (κ3) is 0.773. The van der Waals surface area contributed by atoms with Crippen molar-refractivity contribution >= 4 is 17.8 Å². The largest absolute Gasteiger partial charge is 0.481 e. The molecule has 5 heteroatoms. The van der Waals surface area contributed by atoms with Crippen molar-refractivity contribution in [1.82, 2.24) is 4.90 Å². The third-order valence-corrected chi connectivity index (χ3v) is 3.26. The minimum atomic E-state index is -1.02. The lowest BCUT2D eigenvalue weighted by atomic mass is 10.2. The molecule has 3 aliphatic rings. The average Bonchev–Trinajstić information content (AvgIpc) is 2.97. The van der Waals surface area contributed by atoms with E-state index in [-0.39, 0.29) is 17.9 Å². The number of fused-ring (bicyclic) bond motifs is 1. The molecule has 1 N–H and O–H groups in total. The van der Waals surface area contributed by atoms with Crippen LogP contribution in [0.4, 0.5) is 0 Å². The van der Waals surface area contributed by atoms with Crippen molar-refractivity contribution in [1.29, 1.82) is 0 Å². The summed E-state index contributed by atoms with van der Waals surface area (Å²) in [5.74, 6) is -3.34. The van der Waals surface area contributed by atoms with E-state index in [0.29, 0.717) is 0 Å². The summed E-state index contributed by atoms with van der Waals surface area (Å²) < 4.78 is 0. The van der Waals surface area contributed by atoms with Gasteiger partial charge in [0.2, 0.25) is 11.8 Å². The van der Waals surface area contributed by atoms with E-state index in [9.17, 15) is 14.4 Å². The maximum Gasteiger partial charge on any atom is 0.308 e. The lowest BCUT2D eigenvalue weighted by molar-refractivity contribution is -0.149. The Bertz CT molecular complexity index is 338. The van der Waals surface area contributed by atoms with Gasteiger partial charge >= 0.3 is 5.97 Å². The molecule has 0 aromatic carbocycles. The lowest BCUT2D eigenvalue weighted by Gasteiger charge is -2.15. The van der Waals surface area contributed by atoms with Gasteiger partial charge in [-0.05, 0) is 12.8 Å². The summed E-state index contributed by atoms with van der Waals surface area (Å²) in [6.07, 6.45) is 1.77. The Morgan fingerprint density at radius 2 is 1.71 bits per heavy atom. The number of hydrogen-bond donors (Lipinski definition) is 1. The maximum absolute atomic E-state index is 11.6. The number of imide groups is 1. The van der Waals surface area contributed by atoms with Gasteiger partial charge in [-0.1, -0.05) is 0 Å². The Balaban J connectivity index is 1.85. The van der Waals surface area contributed by atoms with Crippen LogP contribution in [0.3, 0.4) is 0 Å². The molecule has 1 heterocycles. The zero-order chi connectivity index (χ0) is 10.0. The van der Waals surface area contributed by atoms with Gasteiger partial charge in [-0.25, -0.2) is 0 Å². The van der Waals surface area contributed by atoms with Crippen molar-refractivity contribution in [3.05, 3.63) is 0 Å². The first-order valence-corrected chi connectivity index (χ1v) is 4.72. The molecule has 1 aliphatic heterocycles. The fourth-order valence-corrected chi connectivity index (χ4v) is 2.36. The first kappa shape index (κ1) is 7.96. The molecule has 3 rings (SSSR count). The van der Waals surface area contributed by atoms with Crippen molar-refractivity contribution in [3.8, 4) is 0 Å². The molecule has 2 atom stereocenters. The maximum atomic E-state index is 11.6. The molecular weight excluding hydrogens is 186 g/mol. The van der Waals surface area contributed by atoms with Crippen molar-refractivity contribution in [2.75, 3.05) is 0 Å². The van der Waals surface area contributed by atoms with E-state index in [1.807, 2.05) is 0 Å². The van der Waals surface area contributed by atoms with Crippen LogP contribution in [0.5, 0.6) is 0 Å². The van der Waals surface area contributed by atoms with E-state index in [4.69, 9.17) is 5.11 Å². The predicted octanol–water partition coefficient (Wildman–Crippen LogP) is -0.536. The predicted molar refractivity (Wildman–Crippen MR) is 43.0 cm³/mol. The Morgan fingerprint density at radius 1 is 1.21 bits per heavy atom. The molecule has 2 amide bonds. The van der Waals surface area contributed by atoms with Gasteiger partial charge in [0.1, 0.15) is 0 Å². The van der Waals surface area contributed by atoms with Crippen LogP contribution < -0.4 is 0 Å². The monoisotopic (exact) mass is 195 g/mol. The van der Waals surface area contributed by atoms with Crippen LogP contribution in [0.25, 0.3) is 0 Å². The smallest absolute Gasteiger partial charge is 0.308 e. The molecular formula is C9H9NO4. The van der Waals surface area contributed by atoms with Crippen LogP contribution in [0.15, 0.2) is 0 Å². The van der Waals surface area contributed by atoms with E-state index in [2.05, 4.69) is 0 Å². The molecule has 5 nitrogen and oxygen atoms in total. The van der Waals surface area contributed by atoms with Gasteiger partial charge < -0.3 is 5.11 Å². The number of carbonyl (C=O) groups excluding carboxylic acids is 2. The highest BCUT2D eigenvalue weighted by Gasteiger charge is 2.71. The van der Waals surface area contributed by atoms with E-state index in [0.717, 1.165) is 12.8 Å². The van der Waals surface area contributed by atoms with E-state index >= 15 is 0 Å². The number of carboxylic acid groups (broad SMARTS) is 1. The number of rotatable bonds is 2. The summed E-state index contributed by atoms with van der Waals surface area (Å²) in [7, 11) is 0. The van der Waals surface area contributed by atoms with Crippen LogP contribution in [-0.4, -0.2) is 33.8 Å². The molecule has 1 saturated heterocycles. The first-order chi connectivity index (χ1) is 6.63. The number of amides is 2. The molecule has 0 bridgehead atoms. The Morgan fingerprint density at radius 3 is 2.07 bits per heavy atom. The minimum Gasteiger partial charge on any atom is -0.481 e. The standard InChI is InChI=1S/C9H9NO4/c11-7-4-5(6(4)9(13)14)8(12)10(7)3-1-2-3/h3-6H,1-2H2,(H,13,14). The zero-order valence-corrected chi connectivity index (χ0v) is 7.34. The zero-order valence-electron chi connectivity index (χ0n) is 7.34. The van der Waals surface area contributed by atoms with Crippen molar-refractivity contribution in [2.24, 2.45) is 17.8 Å². The van der Waals surface area contributed by atoms with Crippen LogP contribution in [0.1, 0.15) is 12.8 Å². The summed E-state index contributed by atoms with van der Waals surface area (Å²) in [5.41, 5.74) is 0.